The molecule has 0 bridgehead atoms. The highest BCUT2D eigenvalue weighted by Gasteiger charge is 2.13. The van der Waals surface area contributed by atoms with E-state index in [1.54, 1.807) is 24.3 Å². The number of esters is 1. The molecule has 19 heavy (non-hydrogen) atoms. The lowest BCUT2D eigenvalue weighted by Gasteiger charge is -2.09. The van der Waals surface area contributed by atoms with Gasteiger partial charge in [0.15, 0.2) is 0 Å². The minimum Gasteiger partial charge on any atom is -0.490 e. The van der Waals surface area contributed by atoms with Crippen LogP contribution in [0.1, 0.15) is 0 Å². The number of hydrogen-bond donors (Lipinski definition) is 2. The van der Waals surface area contributed by atoms with E-state index in [4.69, 9.17) is 10.5 Å². The lowest BCUT2D eigenvalue weighted by Crippen LogP contribution is -2.33. The number of sulfonamides is 1. The van der Waals surface area contributed by atoms with Crippen LogP contribution in [0.15, 0.2) is 24.3 Å². The summed E-state index contributed by atoms with van der Waals surface area (Å²) < 4.78 is 34.7. The van der Waals surface area contributed by atoms with E-state index in [-0.39, 0.29) is 12.4 Å². The molecule has 0 aliphatic heterocycles. The zero-order valence-electron chi connectivity index (χ0n) is 10.5. The van der Waals surface area contributed by atoms with Gasteiger partial charge in [0, 0.05) is 0 Å². The molecule has 0 saturated carbocycles. The van der Waals surface area contributed by atoms with Gasteiger partial charge >= 0.3 is 5.97 Å². The minimum atomic E-state index is -3.59. The first kappa shape index (κ1) is 15.3. The van der Waals surface area contributed by atoms with Crippen molar-refractivity contribution in [2.45, 2.75) is 0 Å². The molecule has 1 aromatic carbocycles. The van der Waals surface area contributed by atoms with Crippen LogP contribution in [0.4, 0.5) is 5.69 Å². The first-order chi connectivity index (χ1) is 8.94. The van der Waals surface area contributed by atoms with Crippen LogP contribution in [0, 0.1) is 0 Å². The average Bonchev–Trinajstić information content (AvgIpc) is 2.38. The molecule has 3 N–H and O–H groups in total. The Morgan fingerprint density at radius 2 is 2.05 bits per heavy atom. The van der Waals surface area contributed by atoms with E-state index >= 15 is 0 Å². The van der Waals surface area contributed by atoms with Crippen molar-refractivity contribution in [3.63, 3.8) is 0 Å². The summed E-state index contributed by atoms with van der Waals surface area (Å²) in [6.45, 7) is -0.461. The van der Waals surface area contributed by atoms with Gasteiger partial charge in [-0.1, -0.05) is 12.1 Å². The van der Waals surface area contributed by atoms with Gasteiger partial charge in [-0.05, 0) is 12.1 Å². The van der Waals surface area contributed by atoms with Gasteiger partial charge in [-0.15, -0.1) is 0 Å². The van der Waals surface area contributed by atoms with Crippen molar-refractivity contribution in [3.05, 3.63) is 24.3 Å². The number of nitrogens with two attached hydrogens (primary N) is 1. The number of benzene rings is 1. The second-order valence-electron chi connectivity index (χ2n) is 3.60. The SMILES string of the molecule is COC(=O)CNS(=O)(=O)CCOc1ccccc1N. The second kappa shape index (κ2) is 6.95. The molecule has 0 aromatic heterocycles. The summed E-state index contributed by atoms with van der Waals surface area (Å²) in [5, 5.41) is 0. The zero-order valence-corrected chi connectivity index (χ0v) is 11.3. The van der Waals surface area contributed by atoms with E-state index in [1.165, 1.54) is 7.11 Å². The van der Waals surface area contributed by atoms with Gasteiger partial charge < -0.3 is 15.2 Å². The fourth-order valence-electron chi connectivity index (χ4n) is 1.19. The fraction of sp³-hybridized carbons (Fsp3) is 0.364. The van der Waals surface area contributed by atoms with Gasteiger partial charge in [-0.3, -0.25) is 4.79 Å². The monoisotopic (exact) mass is 288 g/mol. The summed E-state index contributed by atoms with van der Waals surface area (Å²) in [5.41, 5.74) is 6.07. The van der Waals surface area contributed by atoms with Gasteiger partial charge in [-0.25, -0.2) is 13.1 Å². The number of methoxy groups -OCH3 is 1. The topological polar surface area (TPSA) is 108 Å². The van der Waals surface area contributed by atoms with Gasteiger partial charge in [0.2, 0.25) is 10.0 Å². The highest BCUT2D eigenvalue weighted by atomic mass is 32.2. The van der Waals surface area contributed by atoms with Gasteiger partial charge in [0.25, 0.3) is 0 Å². The van der Waals surface area contributed by atoms with Gasteiger partial charge in [0.1, 0.15) is 18.9 Å². The van der Waals surface area contributed by atoms with Crippen LogP contribution >= 0.6 is 0 Å². The van der Waals surface area contributed by atoms with Crippen LogP contribution in [0.5, 0.6) is 5.75 Å². The smallest absolute Gasteiger partial charge is 0.320 e. The Balaban J connectivity index is 2.40. The predicted octanol–water partition coefficient (Wildman–Crippen LogP) is -0.260. The first-order valence-electron chi connectivity index (χ1n) is 5.46. The number of anilines is 1. The van der Waals surface area contributed by atoms with E-state index in [9.17, 15) is 13.2 Å². The fourth-order valence-corrected chi connectivity index (χ4v) is 1.97. The molecule has 7 nitrogen and oxygen atoms in total. The van der Waals surface area contributed by atoms with Crippen molar-refractivity contribution in [1.29, 1.82) is 0 Å². The van der Waals surface area contributed by atoms with Crippen molar-refractivity contribution in [1.82, 2.24) is 4.72 Å². The Labute approximate surface area is 111 Å². The molecule has 106 valence electrons. The summed E-state index contributed by atoms with van der Waals surface area (Å²) in [6.07, 6.45) is 0. The molecule has 0 heterocycles. The number of hydrogen-bond acceptors (Lipinski definition) is 6. The Bertz CT molecular complexity index is 530. The Kier molecular flexibility index (Phi) is 5.58. The molecule has 0 fully saturated rings. The third-order valence-electron chi connectivity index (χ3n) is 2.19. The molecule has 0 aliphatic rings. The number of para-hydroxylation sites is 2. The number of carbonyl (C=O) groups excluding carboxylic acids is 1. The normalized spacial score (nSPS) is 11.0. The third kappa shape index (κ3) is 5.58. The molecule has 8 heteroatoms. The Hall–Kier alpha value is -1.80. The van der Waals surface area contributed by atoms with Gasteiger partial charge in [0.05, 0.1) is 18.6 Å². The van der Waals surface area contributed by atoms with Crippen LogP contribution in [-0.4, -0.2) is 40.4 Å². The zero-order chi connectivity index (χ0) is 14.3. The van der Waals surface area contributed by atoms with Crippen LogP contribution in [-0.2, 0) is 19.6 Å². The lowest BCUT2D eigenvalue weighted by atomic mass is 10.3. The number of rotatable bonds is 7. The maximum absolute atomic E-state index is 11.5. The Morgan fingerprint density at radius 3 is 2.68 bits per heavy atom. The van der Waals surface area contributed by atoms with Crippen LogP contribution in [0.2, 0.25) is 0 Å². The summed E-state index contributed by atoms with van der Waals surface area (Å²) in [5.74, 6) is -0.513. The molecule has 0 atom stereocenters. The van der Waals surface area contributed by atoms with E-state index in [1.807, 2.05) is 0 Å². The first-order valence-corrected chi connectivity index (χ1v) is 7.11. The largest absolute Gasteiger partial charge is 0.490 e. The quantitative estimate of drug-likeness (QED) is 0.528. The average molecular weight is 288 g/mol. The molecule has 0 radical (unpaired) electrons. The molecule has 0 amide bonds. The maximum atomic E-state index is 11.5. The van der Waals surface area contributed by atoms with Crippen molar-refractivity contribution in [2.75, 3.05) is 31.7 Å². The molecular weight excluding hydrogens is 272 g/mol. The molecule has 0 saturated heterocycles. The van der Waals surface area contributed by atoms with Crippen molar-refractivity contribution < 1.29 is 22.7 Å². The molecule has 1 rings (SSSR count). The molecule has 0 spiro atoms. The summed E-state index contributed by atoms with van der Waals surface area (Å²) >= 11 is 0. The van der Waals surface area contributed by atoms with E-state index in [0.717, 1.165) is 0 Å². The van der Waals surface area contributed by atoms with Crippen molar-refractivity contribution >= 4 is 21.7 Å². The van der Waals surface area contributed by atoms with Crippen LogP contribution < -0.4 is 15.2 Å². The van der Waals surface area contributed by atoms with E-state index in [0.29, 0.717) is 11.4 Å². The number of ether oxygens (including phenoxy) is 2. The predicted molar refractivity (Wildman–Crippen MR) is 70.2 cm³/mol. The summed E-state index contributed by atoms with van der Waals surface area (Å²) in [4.78, 5) is 10.8. The van der Waals surface area contributed by atoms with Crippen LogP contribution in [0.25, 0.3) is 0 Å². The number of nitrogen functional groups attached to an aromatic ring is 1. The molecular formula is C11H16N2O5S. The van der Waals surface area contributed by atoms with E-state index in [2.05, 4.69) is 9.46 Å². The minimum absolute atomic E-state index is 0.0648. The number of carbonyl (C=O) groups is 1. The lowest BCUT2D eigenvalue weighted by molar-refractivity contribution is -0.139. The van der Waals surface area contributed by atoms with Gasteiger partial charge in [-0.2, -0.15) is 0 Å². The maximum Gasteiger partial charge on any atom is 0.320 e. The molecule has 0 aliphatic carbocycles. The molecule has 1 aromatic rings. The summed E-state index contributed by atoms with van der Waals surface area (Å²) in [7, 11) is -2.41. The highest BCUT2D eigenvalue weighted by Crippen LogP contribution is 2.19. The van der Waals surface area contributed by atoms with Crippen LogP contribution in [0.3, 0.4) is 0 Å². The highest BCUT2D eigenvalue weighted by molar-refractivity contribution is 7.89. The second-order valence-corrected chi connectivity index (χ2v) is 5.53. The van der Waals surface area contributed by atoms with Crippen molar-refractivity contribution in [2.24, 2.45) is 0 Å². The van der Waals surface area contributed by atoms with E-state index < -0.39 is 22.5 Å². The standard InChI is InChI=1S/C11H16N2O5S/c1-17-11(14)8-13-19(15,16)7-6-18-10-5-3-2-4-9(10)12/h2-5,13H,6-8,12H2,1H3. The molecule has 0 unspecified atom stereocenters. The Morgan fingerprint density at radius 1 is 1.37 bits per heavy atom. The third-order valence-corrected chi connectivity index (χ3v) is 3.48. The summed E-state index contributed by atoms with van der Waals surface area (Å²) in [6, 6.07) is 6.77. The van der Waals surface area contributed by atoms with Crippen molar-refractivity contribution in [3.8, 4) is 5.75 Å². The number of nitrogens with one attached hydrogen (secondary N) is 1.